The summed E-state index contributed by atoms with van der Waals surface area (Å²) in [7, 11) is 1.46. The molecule has 0 saturated heterocycles. The molecule has 0 aliphatic carbocycles. The summed E-state index contributed by atoms with van der Waals surface area (Å²) in [5.74, 6) is -0.234. The predicted molar refractivity (Wildman–Crippen MR) is 73.8 cm³/mol. The summed E-state index contributed by atoms with van der Waals surface area (Å²) < 4.78 is 4.71. The Hall–Kier alpha value is -1.91. The molecule has 4 heteroatoms. The molecule has 0 spiro atoms. The van der Waals surface area contributed by atoms with E-state index >= 15 is 0 Å². The number of benzene rings is 2. The molecule has 0 bridgehead atoms. The van der Waals surface area contributed by atoms with Crippen molar-refractivity contribution in [1.29, 1.82) is 0 Å². The van der Waals surface area contributed by atoms with Crippen LogP contribution in [0.25, 0.3) is 10.8 Å². The Kier molecular flexibility index (Phi) is 4.49. The number of aliphatic hydroxyl groups is 1. The Bertz CT molecular complexity index is 568. The SMILES string of the molecule is COCC(=O)NCC(O)c1ccc2ccccc2c1. The zero-order valence-electron chi connectivity index (χ0n) is 10.8. The highest BCUT2D eigenvalue weighted by Gasteiger charge is 2.09. The molecule has 0 radical (unpaired) electrons. The summed E-state index contributed by atoms with van der Waals surface area (Å²) in [6.45, 7) is 0.185. The number of aliphatic hydroxyl groups excluding tert-OH is 1. The van der Waals surface area contributed by atoms with Crippen LogP contribution in [0.2, 0.25) is 0 Å². The van der Waals surface area contributed by atoms with Crippen molar-refractivity contribution in [3.8, 4) is 0 Å². The van der Waals surface area contributed by atoms with Gasteiger partial charge in [0.25, 0.3) is 0 Å². The van der Waals surface area contributed by atoms with E-state index in [9.17, 15) is 9.90 Å². The van der Waals surface area contributed by atoms with E-state index in [4.69, 9.17) is 4.74 Å². The zero-order chi connectivity index (χ0) is 13.7. The number of carbonyl (C=O) groups excluding carboxylic acids is 1. The maximum Gasteiger partial charge on any atom is 0.246 e. The van der Waals surface area contributed by atoms with E-state index in [0.717, 1.165) is 16.3 Å². The Balaban J connectivity index is 2.04. The van der Waals surface area contributed by atoms with Gasteiger partial charge in [0, 0.05) is 13.7 Å². The minimum absolute atomic E-state index is 0.00441. The summed E-state index contributed by atoms with van der Waals surface area (Å²) in [6.07, 6.45) is -0.717. The summed E-state index contributed by atoms with van der Waals surface area (Å²) >= 11 is 0. The normalized spacial score (nSPS) is 12.3. The Labute approximate surface area is 112 Å². The van der Waals surface area contributed by atoms with Gasteiger partial charge < -0.3 is 15.2 Å². The van der Waals surface area contributed by atoms with Crippen molar-refractivity contribution in [3.05, 3.63) is 48.0 Å². The Morgan fingerprint density at radius 2 is 2.00 bits per heavy atom. The maximum atomic E-state index is 11.2. The third-order valence-electron chi connectivity index (χ3n) is 2.93. The van der Waals surface area contributed by atoms with Crippen LogP contribution in [0.3, 0.4) is 0 Å². The minimum Gasteiger partial charge on any atom is -0.387 e. The number of amides is 1. The molecular formula is C15H17NO3. The maximum absolute atomic E-state index is 11.2. The first kappa shape index (κ1) is 13.5. The van der Waals surface area contributed by atoms with Crippen molar-refractivity contribution in [2.24, 2.45) is 0 Å². The van der Waals surface area contributed by atoms with Crippen LogP contribution in [0.4, 0.5) is 0 Å². The van der Waals surface area contributed by atoms with Crippen molar-refractivity contribution in [3.63, 3.8) is 0 Å². The number of hydrogen-bond donors (Lipinski definition) is 2. The van der Waals surface area contributed by atoms with Crippen LogP contribution in [0.5, 0.6) is 0 Å². The summed E-state index contributed by atoms with van der Waals surface area (Å²) in [4.78, 5) is 11.2. The molecule has 0 aliphatic heterocycles. The molecule has 19 heavy (non-hydrogen) atoms. The van der Waals surface area contributed by atoms with E-state index in [2.05, 4.69) is 5.32 Å². The van der Waals surface area contributed by atoms with Crippen LogP contribution in [-0.4, -0.2) is 31.3 Å². The van der Waals surface area contributed by atoms with Crippen LogP contribution in [0.1, 0.15) is 11.7 Å². The first-order valence-electron chi connectivity index (χ1n) is 6.13. The molecule has 2 N–H and O–H groups in total. The monoisotopic (exact) mass is 259 g/mol. The van der Waals surface area contributed by atoms with E-state index in [0.29, 0.717) is 0 Å². The number of rotatable bonds is 5. The summed E-state index contributed by atoms with van der Waals surface area (Å²) in [6, 6.07) is 13.7. The van der Waals surface area contributed by atoms with Crippen LogP contribution in [-0.2, 0) is 9.53 Å². The highest BCUT2D eigenvalue weighted by Crippen LogP contribution is 2.19. The molecule has 1 amide bonds. The quantitative estimate of drug-likeness (QED) is 0.858. The molecule has 2 aromatic carbocycles. The Morgan fingerprint density at radius 3 is 2.74 bits per heavy atom. The fourth-order valence-corrected chi connectivity index (χ4v) is 1.93. The molecular weight excluding hydrogens is 242 g/mol. The van der Waals surface area contributed by atoms with Gasteiger partial charge in [-0.2, -0.15) is 0 Å². The van der Waals surface area contributed by atoms with Gasteiger partial charge in [-0.3, -0.25) is 4.79 Å². The number of carbonyl (C=O) groups is 1. The topological polar surface area (TPSA) is 58.6 Å². The predicted octanol–water partition coefficient (Wildman–Crippen LogP) is 1.64. The standard InChI is InChI=1S/C15H17NO3/c1-19-10-15(18)16-9-14(17)13-7-6-11-4-2-3-5-12(11)8-13/h2-8,14,17H,9-10H2,1H3,(H,16,18). The largest absolute Gasteiger partial charge is 0.387 e. The number of fused-ring (bicyclic) bond motifs is 1. The second-order valence-electron chi connectivity index (χ2n) is 4.36. The van der Waals surface area contributed by atoms with E-state index in [1.165, 1.54) is 7.11 Å². The number of ether oxygens (including phenoxy) is 1. The fraction of sp³-hybridized carbons (Fsp3) is 0.267. The van der Waals surface area contributed by atoms with Gasteiger partial charge >= 0.3 is 0 Å². The molecule has 100 valence electrons. The lowest BCUT2D eigenvalue weighted by Crippen LogP contribution is -2.31. The van der Waals surface area contributed by atoms with Crippen LogP contribution >= 0.6 is 0 Å². The van der Waals surface area contributed by atoms with E-state index in [1.807, 2.05) is 42.5 Å². The van der Waals surface area contributed by atoms with Crippen LogP contribution in [0, 0.1) is 0 Å². The molecule has 0 fully saturated rings. The molecule has 0 saturated carbocycles. The van der Waals surface area contributed by atoms with Gasteiger partial charge in [-0.25, -0.2) is 0 Å². The number of methoxy groups -OCH3 is 1. The fourth-order valence-electron chi connectivity index (χ4n) is 1.93. The van der Waals surface area contributed by atoms with E-state index in [-0.39, 0.29) is 19.1 Å². The average molecular weight is 259 g/mol. The molecule has 1 unspecified atom stereocenters. The first-order chi connectivity index (χ1) is 9.20. The number of nitrogens with one attached hydrogen (secondary N) is 1. The van der Waals surface area contributed by atoms with Crippen molar-refractivity contribution in [2.75, 3.05) is 20.3 Å². The molecule has 0 aliphatic rings. The minimum atomic E-state index is -0.717. The van der Waals surface area contributed by atoms with Gasteiger partial charge in [0.05, 0.1) is 6.10 Å². The van der Waals surface area contributed by atoms with Crippen LogP contribution < -0.4 is 5.32 Å². The lowest BCUT2D eigenvalue weighted by molar-refractivity contribution is -0.125. The van der Waals surface area contributed by atoms with Gasteiger partial charge in [0.15, 0.2) is 0 Å². The molecule has 2 aromatic rings. The van der Waals surface area contributed by atoms with Gasteiger partial charge in [-0.1, -0.05) is 36.4 Å². The summed E-state index contributed by atoms with van der Waals surface area (Å²) in [5.41, 5.74) is 0.788. The molecule has 4 nitrogen and oxygen atoms in total. The highest BCUT2D eigenvalue weighted by atomic mass is 16.5. The Morgan fingerprint density at radius 1 is 1.26 bits per heavy atom. The molecule has 2 rings (SSSR count). The van der Waals surface area contributed by atoms with Gasteiger partial charge in [0.1, 0.15) is 6.61 Å². The molecule has 0 heterocycles. The second-order valence-corrected chi connectivity index (χ2v) is 4.36. The summed E-state index contributed by atoms with van der Waals surface area (Å²) in [5, 5.41) is 14.9. The van der Waals surface area contributed by atoms with Crippen molar-refractivity contribution >= 4 is 16.7 Å². The zero-order valence-corrected chi connectivity index (χ0v) is 10.8. The molecule has 1 atom stereocenters. The van der Waals surface area contributed by atoms with Crippen molar-refractivity contribution in [2.45, 2.75) is 6.10 Å². The van der Waals surface area contributed by atoms with E-state index < -0.39 is 6.10 Å². The van der Waals surface area contributed by atoms with Gasteiger partial charge in [-0.15, -0.1) is 0 Å². The van der Waals surface area contributed by atoms with Gasteiger partial charge in [-0.05, 0) is 22.4 Å². The van der Waals surface area contributed by atoms with Crippen molar-refractivity contribution in [1.82, 2.24) is 5.32 Å². The molecule has 0 aromatic heterocycles. The first-order valence-corrected chi connectivity index (χ1v) is 6.13. The van der Waals surface area contributed by atoms with Gasteiger partial charge in [0.2, 0.25) is 5.91 Å². The third-order valence-corrected chi connectivity index (χ3v) is 2.93. The van der Waals surface area contributed by atoms with E-state index in [1.54, 1.807) is 0 Å². The second kappa shape index (κ2) is 6.31. The third kappa shape index (κ3) is 3.53. The highest BCUT2D eigenvalue weighted by molar-refractivity contribution is 5.83. The lowest BCUT2D eigenvalue weighted by atomic mass is 10.0. The lowest BCUT2D eigenvalue weighted by Gasteiger charge is -2.13. The smallest absolute Gasteiger partial charge is 0.246 e. The average Bonchev–Trinajstić information content (AvgIpc) is 2.44. The number of hydrogen-bond acceptors (Lipinski definition) is 3. The van der Waals surface area contributed by atoms with Crippen molar-refractivity contribution < 1.29 is 14.6 Å². The van der Waals surface area contributed by atoms with Crippen LogP contribution in [0.15, 0.2) is 42.5 Å².